The van der Waals surface area contributed by atoms with Gasteiger partial charge in [-0.15, -0.1) is 0 Å². The molecular weight excluding hydrogens is 343 g/mol. The van der Waals surface area contributed by atoms with Crippen molar-refractivity contribution < 1.29 is 9.18 Å². The van der Waals surface area contributed by atoms with Crippen molar-refractivity contribution in [2.75, 3.05) is 5.32 Å². The summed E-state index contributed by atoms with van der Waals surface area (Å²) in [4.78, 5) is 21.5. The molecule has 27 heavy (non-hydrogen) atoms. The highest BCUT2D eigenvalue weighted by atomic mass is 19.1. The quantitative estimate of drug-likeness (QED) is 0.588. The number of halogens is 1. The largest absolute Gasteiger partial charge is 0.305 e. The van der Waals surface area contributed by atoms with E-state index in [0.717, 1.165) is 10.9 Å². The van der Waals surface area contributed by atoms with Crippen LogP contribution in [0.25, 0.3) is 16.6 Å². The molecule has 0 radical (unpaired) electrons. The number of aromatic nitrogens is 3. The fraction of sp³-hybridized carbons (Fsp3) is 0.0952. The molecule has 134 valence electrons. The molecule has 5 nitrogen and oxygen atoms in total. The van der Waals surface area contributed by atoms with Crippen molar-refractivity contribution in [2.45, 2.75) is 13.8 Å². The Morgan fingerprint density at radius 2 is 1.70 bits per heavy atom. The maximum atomic E-state index is 14.2. The number of anilines is 1. The van der Waals surface area contributed by atoms with E-state index in [-0.39, 0.29) is 17.4 Å². The molecule has 4 rings (SSSR count). The predicted octanol–water partition coefficient (Wildman–Crippen LogP) is 4.43. The highest BCUT2D eigenvalue weighted by molar-refractivity contribution is 6.03. The van der Waals surface area contributed by atoms with E-state index in [1.54, 1.807) is 42.7 Å². The van der Waals surface area contributed by atoms with Crippen molar-refractivity contribution >= 4 is 22.6 Å². The number of benzene rings is 2. The zero-order chi connectivity index (χ0) is 19.0. The lowest BCUT2D eigenvalue weighted by molar-refractivity contribution is 0.102. The highest BCUT2D eigenvalue weighted by Crippen LogP contribution is 2.21. The summed E-state index contributed by atoms with van der Waals surface area (Å²) in [5.74, 6) is 0.225. The first kappa shape index (κ1) is 16.9. The summed E-state index contributed by atoms with van der Waals surface area (Å²) in [6.45, 7) is 3.49. The number of fused-ring (bicyclic) bond motifs is 1. The minimum absolute atomic E-state index is 0.241. The molecule has 0 unspecified atom stereocenters. The van der Waals surface area contributed by atoms with Crippen LogP contribution in [-0.4, -0.2) is 20.4 Å². The molecule has 4 aromatic rings. The molecule has 1 amide bonds. The topological polar surface area (TPSA) is 59.8 Å². The zero-order valence-electron chi connectivity index (χ0n) is 14.9. The highest BCUT2D eigenvalue weighted by Gasteiger charge is 2.20. The molecule has 2 heterocycles. The summed E-state index contributed by atoms with van der Waals surface area (Å²) in [5, 5.41) is 3.77. The van der Waals surface area contributed by atoms with Crippen LogP contribution in [-0.2, 0) is 0 Å². The van der Waals surface area contributed by atoms with Crippen molar-refractivity contribution in [1.29, 1.82) is 0 Å². The lowest BCUT2D eigenvalue weighted by Gasteiger charge is -2.09. The Kier molecular flexibility index (Phi) is 4.16. The monoisotopic (exact) mass is 360 g/mol. The molecule has 0 spiro atoms. The van der Waals surface area contributed by atoms with Gasteiger partial charge in [0.15, 0.2) is 0 Å². The van der Waals surface area contributed by atoms with Gasteiger partial charge in [-0.2, -0.15) is 0 Å². The molecular formula is C21H17FN4O. The van der Waals surface area contributed by atoms with Crippen LogP contribution in [0.5, 0.6) is 0 Å². The van der Waals surface area contributed by atoms with Gasteiger partial charge in [0.1, 0.15) is 23.2 Å². The number of para-hydroxylation sites is 2. The van der Waals surface area contributed by atoms with E-state index in [9.17, 15) is 9.18 Å². The second-order valence-corrected chi connectivity index (χ2v) is 6.22. The minimum atomic E-state index is -0.381. The average molecular weight is 360 g/mol. The molecule has 0 aliphatic heterocycles. The normalized spacial score (nSPS) is 10.9. The van der Waals surface area contributed by atoms with Crippen LogP contribution in [0.4, 0.5) is 10.2 Å². The number of nitrogens with zero attached hydrogens (tertiary/aromatic N) is 3. The lowest BCUT2D eigenvalue weighted by atomic mass is 10.2. The Labute approximate surface area is 155 Å². The van der Waals surface area contributed by atoms with Gasteiger partial charge in [-0.05, 0) is 44.2 Å². The third-order valence-corrected chi connectivity index (χ3v) is 4.42. The van der Waals surface area contributed by atoms with Crippen molar-refractivity contribution in [3.05, 3.63) is 83.7 Å². The molecule has 0 aliphatic rings. The number of imidazole rings is 1. The first-order valence-electron chi connectivity index (χ1n) is 8.52. The molecule has 2 aromatic carbocycles. The molecule has 0 saturated heterocycles. The summed E-state index contributed by atoms with van der Waals surface area (Å²) in [6.07, 6.45) is 0. The van der Waals surface area contributed by atoms with E-state index in [0.29, 0.717) is 23.0 Å². The lowest BCUT2D eigenvalue weighted by Crippen LogP contribution is -2.15. The molecule has 6 heteroatoms. The molecule has 0 atom stereocenters. The van der Waals surface area contributed by atoms with Gasteiger partial charge in [0.2, 0.25) is 0 Å². The number of hydrogen-bond acceptors (Lipinski definition) is 3. The van der Waals surface area contributed by atoms with Crippen molar-refractivity contribution in [2.24, 2.45) is 0 Å². The van der Waals surface area contributed by atoms with Gasteiger partial charge >= 0.3 is 0 Å². The summed E-state index contributed by atoms with van der Waals surface area (Å²) in [7, 11) is 0. The molecule has 0 fully saturated rings. The van der Waals surface area contributed by atoms with Gasteiger partial charge in [0, 0.05) is 5.39 Å². The fourth-order valence-electron chi connectivity index (χ4n) is 3.16. The van der Waals surface area contributed by atoms with Crippen LogP contribution in [0.15, 0.2) is 60.7 Å². The van der Waals surface area contributed by atoms with Gasteiger partial charge in [-0.1, -0.05) is 30.3 Å². The van der Waals surface area contributed by atoms with E-state index in [2.05, 4.69) is 15.3 Å². The number of carbonyl (C=O) groups is 1. The van der Waals surface area contributed by atoms with E-state index in [1.807, 2.05) is 30.3 Å². The van der Waals surface area contributed by atoms with E-state index >= 15 is 0 Å². The molecule has 0 bridgehead atoms. The second-order valence-electron chi connectivity index (χ2n) is 6.22. The molecule has 0 saturated carbocycles. The summed E-state index contributed by atoms with van der Waals surface area (Å²) in [5.41, 5.74) is 1.96. The number of pyridine rings is 1. The van der Waals surface area contributed by atoms with Gasteiger partial charge in [-0.25, -0.2) is 14.4 Å². The first-order chi connectivity index (χ1) is 13.0. The second kappa shape index (κ2) is 6.64. The van der Waals surface area contributed by atoms with Gasteiger partial charge in [-0.3, -0.25) is 9.36 Å². The van der Waals surface area contributed by atoms with Crippen LogP contribution < -0.4 is 5.32 Å². The van der Waals surface area contributed by atoms with Crippen molar-refractivity contribution in [3.8, 4) is 5.69 Å². The number of hydrogen-bond donors (Lipinski definition) is 1. The standard InChI is InChI=1S/C21H17FN4O/c1-13-20(23-14(2)26(13)18-10-6-4-8-16(18)22)21(27)25-19-12-11-15-7-3-5-9-17(15)24-19/h3-12H,1-2H3,(H,24,25,27). The predicted molar refractivity (Wildman–Crippen MR) is 103 cm³/mol. The van der Waals surface area contributed by atoms with E-state index in [4.69, 9.17) is 0 Å². The summed E-state index contributed by atoms with van der Waals surface area (Å²) >= 11 is 0. The average Bonchev–Trinajstić information content (AvgIpc) is 2.96. The molecule has 1 N–H and O–H groups in total. The molecule has 2 aromatic heterocycles. The maximum absolute atomic E-state index is 14.2. The number of carbonyl (C=O) groups excluding carboxylic acids is 1. The molecule has 0 aliphatic carbocycles. The minimum Gasteiger partial charge on any atom is -0.305 e. The number of rotatable bonds is 3. The van der Waals surface area contributed by atoms with Gasteiger partial charge < -0.3 is 5.32 Å². The Morgan fingerprint density at radius 3 is 2.52 bits per heavy atom. The Hall–Kier alpha value is -3.54. The van der Waals surface area contributed by atoms with Crippen LogP contribution in [0.2, 0.25) is 0 Å². The third-order valence-electron chi connectivity index (χ3n) is 4.42. The summed E-state index contributed by atoms with van der Waals surface area (Å²) < 4.78 is 15.8. The van der Waals surface area contributed by atoms with Crippen LogP contribution in [0.1, 0.15) is 22.0 Å². The smallest absolute Gasteiger partial charge is 0.277 e. The Morgan fingerprint density at radius 1 is 0.963 bits per heavy atom. The van der Waals surface area contributed by atoms with E-state index in [1.165, 1.54) is 6.07 Å². The first-order valence-corrected chi connectivity index (χ1v) is 8.52. The number of aryl methyl sites for hydroxylation is 1. The Balaban J connectivity index is 1.68. The fourth-order valence-corrected chi connectivity index (χ4v) is 3.16. The van der Waals surface area contributed by atoms with Gasteiger partial charge in [0.25, 0.3) is 5.91 Å². The van der Waals surface area contributed by atoms with E-state index < -0.39 is 0 Å². The van der Waals surface area contributed by atoms with Crippen molar-refractivity contribution in [1.82, 2.24) is 14.5 Å². The maximum Gasteiger partial charge on any atom is 0.277 e. The van der Waals surface area contributed by atoms with Crippen LogP contribution in [0.3, 0.4) is 0 Å². The van der Waals surface area contributed by atoms with Crippen LogP contribution >= 0.6 is 0 Å². The van der Waals surface area contributed by atoms with Crippen LogP contribution in [0, 0.1) is 19.7 Å². The van der Waals surface area contributed by atoms with Crippen molar-refractivity contribution in [3.63, 3.8) is 0 Å². The Bertz CT molecular complexity index is 1170. The number of amides is 1. The van der Waals surface area contributed by atoms with Gasteiger partial charge in [0.05, 0.1) is 16.9 Å². The summed E-state index contributed by atoms with van der Waals surface area (Å²) in [6, 6.07) is 17.7. The SMILES string of the molecule is Cc1nc(C(=O)Nc2ccc3ccccc3n2)c(C)n1-c1ccccc1F. The number of nitrogens with one attached hydrogen (secondary N) is 1. The third kappa shape index (κ3) is 3.06. The zero-order valence-corrected chi connectivity index (χ0v) is 14.9.